The van der Waals surface area contributed by atoms with Crippen LogP contribution in [0.2, 0.25) is 0 Å². The highest BCUT2D eigenvalue weighted by atomic mass is 16.5. The Labute approximate surface area is 145 Å². The fourth-order valence-corrected chi connectivity index (χ4v) is 2.90. The van der Waals surface area contributed by atoms with Crippen LogP contribution in [0.15, 0.2) is 36.9 Å². The molecule has 0 radical (unpaired) electrons. The van der Waals surface area contributed by atoms with E-state index in [4.69, 9.17) is 4.74 Å². The first-order valence-corrected chi connectivity index (χ1v) is 8.24. The summed E-state index contributed by atoms with van der Waals surface area (Å²) in [4.78, 5) is 30.5. The lowest BCUT2D eigenvalue weighted by atomic mass is 10.2. The standard InChI is InChI=1S/C17H21N5O3/c1-25-15-5-2-3-9-21(17(15)24)12-16(23)20-13-11-18-8-6-14(13)22-10-4-7-19-22/h4,6-8,10-11,15H,2-3,5,9,12H2,1H3,(H,20,23). The van der Waals surface area contributed by atoms with Crippen LogP contribution in [0, 0.1) is 0 Å². The van der Waals surface area contributed by atoms with Crippen LogP contribution >= 0.6 is 0 Å². The van der Waals surface area contributed by atoms with Gasteiger partial charge in [-0.1, -0.05) is 0 Å². The van der Waals surface area contributed by atoms with Gasteiger partial charge in [0.25, 0.3) is 5.91 Å². The summed E-state index contributed by atoms with van der Waals surface area (Å²) in [6.45, 7) is 0.553. The molecule has 1 unspecified atom stereocenters. The molecule has 1 saturated heterocycles. The van der Waals surface area contributed by atoms with E-state index >= 15 is 0 Å². The minimum Gasteiger partial charge on any atom is -0.372 e. The highest BCUT2D eigenvalue weighted by molar-refractivity contribution is 5.96. The SMILES string of the molecule is COC1CCCCN(CC(=O)Nc2cnccc2-n2cccn2)C1=O. The second-order valence-electron chi connectivity index (χ2n) is 5.87. The average Bonchev–Trinajstić information content (AvgIpc) is 3.09. The zero-order chi connectivity index (χ0) is 17.6. The Morgan fingerprint density at radius 1 is 1.40 bits per heavy atom. The van der Waals surface area contributed by atoms with Gasteiger partial charge in [0, 0.05) is 32.2 Å². The molecule has 8 heteroatoms. The van der Waals surface area contributed by atoms with Crippen LogP contribution in [0.1, 0.15) is 19.3 Å². The van der Waals surface area contributed by atoms with Crippen molar-refractivity contribution in [2.45, 2.75) is 25.4 Å². The number of pyridine rings is 1. The molecule has 2 aromatic rings. The number of likely N-dealkylation sites (tertiary alicyclic amines) is 1. The summed E-state index contributed by atoms with van der Waals surface area (Å²) in [5.74, 6) is -0.403. The van der Waals surface area contributed by atoms with Gasteiger partial charge in [-0.15, -0.1) is 0 Å². The molecular weight excluding hydrogens is 322 g/mol. The van der Waals surface area contributed by atoms with E-state index in [1.807, 2.05) is 0 Å². The molecule has 0 spiro atoms. The molecule has 1 N–H and O–H groups in total. The number of anilines is 1. The van der Waals surface area contributed by atoms with Crippen LogP contribution < -0.4 is 5.32 Å². The number of rotatable bonds is 5. The smallest absolute Gasteiger partial charge is 0.252 e. The maximum atomic E-state index is 12.5. The van der Waals surface area contributed by atoms with Gasteiger partial charge >= 0.3 is 0 Å². The van der Waals surface area contributed by atoms with Crippen LogP contribution in [0.5, 0.6) is 0 Å². The summed E-state index contributed by atoms with van der Waals surface area (Å²) in [5.41, 5.74) is 1.26. The molecule has 1 atom stereocenters. The molecular formula is C17H21N5O3. The topological polar surface area (TPSA) is 89.3 Å². The minimum absolute atomic E-state index is 0.00780. The number of hydrogen-bond acceptors (Lipinski definition) is 5. The zero-order valence-electron chi connectivity index (χ0n) is 14.1. The van der Waals surface area contributed by atoms with Crippen molar-refractivity contribution in [2.24, 2.45) is 0 Å². The molecule has 2 amide bonds. The van der Waals surface area contributed by atoms with Gasteiger partial charge in [-0.3, -0.25) is 14.6 Å². The van der Waals surface area contributed by atoms with E-state index in [2.05, 4.69) is 15.4 Å². The molecule has 8 nitrogen and oxygen atoms in total. The number of nitrogens with zero attached hydrogens (tertiary/aromatic N) is 4. The first kappa shape index (κ1) is 17.1. The maximum absolute atomic E-state index is 12.5. The summed E-state index contributed by atoms with van der Waals surface area (Å²) >= 11 is 0. The number of hydrogen-bond donors (Lipinski definition) is 1. The van der Waals surface area contributed by atoms with Crippen LogP contribution in [-0.2, 0) is 14.3 Å². The summed E-state index contributed by atoms with van der Waals surface area (Å²) in [7, 11) is 1.53. The van der Waals surface area contributed by atoms with Gasteiger partial charge < -0.3 is 15.0 Å². The van der Waals surface area contributed by atoms with E-state index in [-0.39, 0.29) is 18.4 Å². The lowest BCUT2D eigenvalue weighted by molar-refractivity contribution is -0.143. The second kappa shape index (κ2) is 7.89. The Bertz CT molecular complexity index is 732. The molecule has 132 valence electrons. The molecule has 2 aromatic heterocycles. The van der Waals surface area contributed by atoms with Gasteiger partial charge in [0.15, 0.2) is 0 Å². The number of aromatic nitrogens is 3. The van der Waals surface area contributed by atoms with Gasteiger partial charge in [-0.05, 0) is 31.4 Å². The van der Waals surface area contributed by atoms with E-state index in [1.54, 1.807) is 46.5 Å². The Balaban J connectivity index is 1.70. The summed E-state index contributed by atoms with van der Waals surface area (Å²) in [5, 5.41) is 7.00. The van der Waals surface area contributed by atoms with Crippen LogP contribution in [0.25, 0.3) is 5.69 Å². The number of amides is 2. The molecule has 0 aliphatic carbocycles. The van der Waals surface area contributed by atoms with Gasteiger partial charge in [-0.2, -0.15) is 5.10 Å². The van der Waals surface area contributed by atoms with Crippen LogP contribution in [0.4, 0.5) is 5.69 Å². The van der Waals surface area contributed by atoms with E-state index < -0.39 is 6.10 Å². The predicted octanol–water partition coefficient (Wildman–Crippen LogP) is 1.23. The van der Waals surface area contributed by atoms with E-state index in [0.29, 0.717) is 24.3 Å². The largest absolute Gasteiger partial charge is 0.372 e. The van der Waals surface area contributed by atoms with Crippen molar-refractivity contribution in [3.05, 3.63) is 36.9 Å². The fraction of sp³-hybridized carbons (Fsp3) is 0.412. The Morgan fingerprint density at radius 2 is 2.28 bits per heavy atom. The number of methoxy groups -OCH3 is 1. The van der Waals surface area contributed by atoms with Crippen LogP contribution in [0.3, 0.4) is 0 Å². The average molecular weight is 343 g/mol. The van der Waals surface area contributed by atoms with Gasteiger partial charge in [-0.25, -0.2) is 4.68 Å². The Kier molecular flexibility index (Phi) is 5.39. The Morgan fingerprint density at radius 3 is 3.04 bits per heavy atom. The summed E-state index contributed by atoms with van der Waals surface area (Å²) < 4.78 is 6.89. The monoisotopic (exact) mass is 343 g/mol. The highest BCUT2D eigenvalue weighted by Crippen LogP contribution is 2.18. The molecule has 25 heavy (non-hydrogen) atoms. The number of carbonyl (C=O) groups is 2. The van der Waals surface area contributed by atoms with E-state index in [0.717, 1.165) is 12.8 Å². The van der Waals surface area contributed by atoms with Crippen molar-refractivity contribution in [3.8, 4) is 5.69 Å². The van der Waals surface area contributed by atoms with Crippen molar-refractivity contribution < 1.29 is 14.3 Å². The van der Waals surface area contributed by atoms with Gasteiger partial charge in [0.2, 0.25) is 5.91 Å². The summed E-state index contributed by atoms with van der Waals surface area (Å²) in [6, 6.07) is 3.56. The normalized spacial score (nSPS) is 18.0. The predicted molar refractivity (Wildman–Crippen MR) is 91.2 cm³/mol. The maximum Gasteiger partial charge on any atom is 0.252 e. The molecule has 0 saturated carbocycles. The van der Waals surface area contributed by atoms with Crippen molar-refractivity contribution in [3.63, 3.8) is 0 Å². The van der Waals surface area contributed by atoms with E-state index in [1.165, 1.54) is 7.11 Å². The first-order chi connectivity index (χ1) is 12.2. The molecule has 1 fully saturated rings. The van der Waals surface area contributed by atoms with Gasteiger partial charge in [0.05, 0.1) is 24.1 Å². The lowest BCUT2D eigenvalue weighted by Gasteiger charge is -2.23. The third kappa shape index (κ3) is 4.03. The van der Waals surface area contributed by atoms with Crippen molar-refractivity contribution in [1.82, 2.24) is 19.7 Å². The van der Waals surface area contributed by atoms with Crippen molar-refractivity contribution >= 4 is 17.5 Å². The molecule has 3 heterocycles. The van der Waals surface area contributed by atoms with Crippen molar-refractivity contribution in [1.29, 1.82) is 0 Å². The minimum atomic E-state index is -0.465. The van der Waals surface area contributed by atoms with Crippen molar-refractivity contribution in [2.75, 3.05) is 25.5 Å². The fourth-order valence-electron chi connectivity index (χ4n) is 2.90. The van der Waals surface area contributed by atoms with Crippen LogP contribution in [-0.4, -0.2) is 57.8 Å². The molecule has 1 aliphatic heterocycles. The zero-order valence-corrected chi connectivity index (χ0v) is 14.1. The Hall–Kier alpha value is -2.74. The molecule has 1 aliphatic rings. The number of carbonyl (C=O) groups excluding carboxylic acids is 2. The van der Waals surface area contributed by atoms with Gasteiger partial charge in [0.1, 0.15) is 6.10 Å². The second-order valence-corrected chi connectivity index (χ2v) is 5.87. The molecule has 3 rings (SSSR count). The summed E-state index contributed by atoms with van der Waals surface area (Å²) in [6.07, 6.45) is 8.65. The third-order valence-electron chi connectivity index (χ3n) is 4.17. The quantitative estimate of drug-likeness (QED) is 0.882. The highest BCUT2D eigenvalue weighted by Gasteiger charge is 2.28. The first-order valence-electron chi connectivity index (χ1n) is 8.24. The molecule has 0 aromatic carbocycles. The lowest BCUT2D eigenvalue weighted by Crippen LogP contribution is -2.43. The number of ether oxygens (including phenoxy) is 1. The van der Waals surface area contributed by atoms with E-state index in [9.17, 15) is 9.59 Å². The number of nitrogens with one attached hydrogen (secondary N) is 1. The third-order valence-corrected chi connectivity index (χ3v) is 4.17. The molecule has 0 bridgehead atoms.